The van der Waals surface area contributed by atoms with Crippen molar-refractivity contribution in [2.24, 2.45) is 0 Å². The van der Waals surface area contributed by atoms with Crippen molar-refractivity contribution < 1.29 is 0 Å². The number of para-hydroxylation sites is 1. The Morgan fingerprint density at radius 2 is 1.89 bits per heavy atom. The third-order valence-electron chi connectivity index (χ3n) is 3.23. The fraction of sp³-hybridized carbons (Fsp3) is 0.188. The van der Waals surface area contributed by atoms with Crippen molar-refractivity contribution in [2.45, 2.75) is 11.5 Å². The number of benzene rings is 1. The van der Waals surface area contributed by atoms with E-state index in [2.05, 4.69) is 69.8 Å². The number of hydrogen-bond donors (Lipinski definition) is 0. The molecular weight excluding hydrogens is 279 g/mol. The Balaban J connectivity index is 1.92. The van der Waals surface area contributed by atoms with Crippen LogP contribution in [-0.2, 0) is 0 Å². The van der Waals surface area contributed by atoms with E-state index in [1.165, 1.54) is 22.5 Å². The Kier molecular flexibility index (Phi) is 3.08. The second-order valence-corrected chi connectivity index (χ2v) is 10.1. The maximum atomic E-state index is 2.48. The van der Waals surface area contributed by atoms with Gasteiger partial charge in [-0.1, -0.05) is 0 Å². The van der Waals surface area contributed by atoms with Gasteiger partial charge in [-0.15, -0.1) is 0 Å². The first kappa shape index (κ1) is 11.7. The Labute approximate surface area is 113 Å². The number of rotatable bonds is 2. The molecule has 0 saturated carbocycles. The first-order valence-corrected chi connectivity index (χ1v) is 11.8. The van der Waals surface area contributed by atoms with Gasteiger partial charge in [0.1, 0.15) is 0 Å². The van der Waals surface area contributed by atoms with Crippen LogP contribution in [0.4, 0.5) is 5.69 Å². The summed E-state index contributed by atoms with van der Waals surface area (Å²) in [7, 11) is 0. The second-order valence-electron chi connectivity index (χ2n) is 5.00. The van der Waals surface area contributed by atoms with E-state index in [4.69, 9.17) is 0 Å². The van der Waals surface area contributed by atoms with Gasteiger partial charge in [0.15, 0.2) is 0 Å². The molecule has 1 heterocycles. The van der Waals surface area contributed by atoms with Gasteiger partial charge in [0.25, 0.3) is 0 Å². The van der Waals surface area contributed by atoms with Crippen LogP contribution in [0.25, 0.3) is 0 Å². The summed E-state index contributed by atoms with van der Waals surface area (Å²) in [4.78, 5) is 4.87. The summed E-state index contributed by atoms with van der Waals surface area (Å²) in [5, 5.41) is 0. The molecule has 1 aromatic carbocycles. The summed E-state index contributed by atoms with van der Waals surface area (Å²) in [5.74, 6) is 4.77. The second kappa shape index (κ2) is 4.73. The molecule has 0 amide bonds. The van der Waals surface area contributed by atoms with Crippen LogP contribution >= 0.6 is 0 Å². The van der Waals surface area contributed by atoms with Crippen molar-refractivity contribution in [3.05, 3.63) is 65.4 Å². The van der Waals surface area contributed by atoms with Crippen molar-refractivity contribution >= 4 is 24.4 Å². The third kappa shape index (κ3) is 2.15. The summed E-state index contributed by atoms with van der Waals surface area (Å²) in [6.07, 6.45) is 6.99. The molecule has 2 heteroatoms. The van der Waals surface area contributed by atoms with E-state index in [9.17, 15) is 0 Å². The molecule has 0 aromatic heterocycles. The van der Waals surface area contributed by atoms with E-state index in [-0.39, 0.29) is 0 Å². The summed E-state index contributed by atoms with van der Waals surface area (Å²) in [5.41, 5.74) is 5.46. The van der Waals surface area contributed by atoms with Gasteiger partial charge in [-0.2, -0.15) is 0 Å². The molecule has 0 N–H and O–H groups in total. The molecule has 1 aromatic rings. The molecular formula is C16H17GeN. The van der Waals surface area contributed by atoms with Crippen LogP contribution in [0.15, 0.2) is 65.4 Å². The molecule has 18 heavy (non-hydrogen) atoms. The number of anilines is 1. The molecule has 0 radical (unpaired) electrons. The van der Waals surface area contributed by atoms with E-state index in [1.807, 2.05) is 0 Å². The van der Waals surface area contributed by atoms with Crippen molar-refractivity contribution in [2.75, 3.05) is 11.4 Å². The van der Waals surface area contributed by atoms with Gasteiger partial charge >= 0.3 is 113 Å². The van der Waals surface area contributed by atoms with Gasteiger partial charge in [-0.3, -0.25) is 0 Å². The van der Waals surface area contributed by atoms with Gasteiger partial charge in [0.2, 0.25) is 0 Å². The first-order chi connectivity index (χ1) is 8.74. The predicted molar refractivity (Wildman–Crippen MR) is 81.6 cm³/mol. The Hall–Kier alpha value is -1.35. The van der Waals surface area contributed by atoms with E-state index < -0.39 is 13.9 Å². The van der Waals surface area contributed by atoms with Crippen LogP contribution in [0, 0.1) is 0 Å². The minimum absolute atomic E-state index is 0.891. The topological polar surface area (TPSA) is 3.24 Å². The zero-order chi connectivity index (χ0) is 12.5. The van der Waals surface area contributed by atoms with Crippen LogP contribution in [0.2, 0.25) is 11.5 Å². The van der Waals surface area contributed by atoms with Gasteiger partial charge in [0.05, 0.1) is 0 Å². The molecule has 0 spiro atoms. The van der Waals surface area contributed by atoms with Crippen molar-refractivity contribution in [3.8, 4) is 0 Å². The van der Waals surface area contributed by atoms with Crippen LogP contribution in [0.3, 0.4) is 0 Å². The number of fused-ring (bicyclic) bond motifs is 1. The Morgan fingerprint density at radius 1 is 1.11 bits per heavy atom. The van der Waals surface area contributed by atoms with E-state index >= 15 is 0 Å². The average Bonchev–Trinajstić information content (AvgIpc) is 2.88. The quantitative estimate of drug-likeness (QED) is 0.756. The minimum atomic E-state index is -0.891. The molecule has 3 rings (SSSR count). The number of hydrogen-bond acceptors (Lipinski definition) is 1. The zero-order valence-electron chi connectivity index (χ0n) is 10.9. The van der Waals surface area contributed by atoms with Crippen LogP contribution in [0.5, 0.6) is 0 Å². The molecule has 0 bridgehead atoms. The summed E-state index contributed by atoms with van der Waals surface area (Å²) < 4.78 is 0. The van der Waals surface area contributed by atoms with E-state index in [0.29, 0.717) is 0 Å². The zero-order valence-corrected chi connectivity index (χ0v) is 12.9. The SMILES string of the molecule is [CH3][Ge]([CH3])=[CH]C1=CC2=CCN(c3ccccc3)C2=C1. The van der Waals surface area contributed by atoms with Gasteiger partial charge in [-0.25, -0.2) is 0 Å². The summed E-state index contributed by atoms with van der Waals surface area (Å²) >= 11 is -0.891. The predicted octanol–water partition coefficient (Wildman–Crippen LogP) is 3.40. The first-order valence-electron chi connectivity index (χ1n) is 6.35. The molecule has 1 nitrogen and oxygen atoms in total. The molecule has 0 atom stereocenters. The maximum absolute atomic E-state index is 2.48. The molecule has 90 valence electrons. The van der Waals surface area contributed by atoms with Gasteiger partial charge in [-0.05, 0) is 0 Å². The normalized spacial score (nSPS) is 17.0. The molecule has 1 aliphatic carbocycles. The fourth-order valence-corrected chi connectivity index (χ4v) is 4.24. The Bertz CT molecular complexity index is 587. The fourth-order valence-electron chi connectivity index (χ4n) is 2.49. The Morgan fingerprint density at radius 3 is 2.61 bits per heavy atom. The molecule has 0 fully saturated rings. The standard InChI is InChI=1S/C16H17GeN/c1-17(2)12-13-10-14-8-9-18(16(14)11-13)15-6-4-3-5-7-15/h3-8,10-12H,9H2,1-2H3. The third-order valence-corrected chi connectivity index (χ3v) is 5.14. The monoisotopic (exact) mass is 297 g/mol. The van der Waals surface area contributed by atoms with Gasteiger partial charge in [0, 0.05) is 0 Å². The van der Waals surface area contributed by atoms with Crippen LogP contribution in [0.1, 0.15) is 0 Å². The van der Waals surface area contributed by atoms with E-state index in [1.54, 1.807) is 0 Å². The molecule has 2 aliphatic rings. The van der Waals surface area contributed by atoms with Crippen LogP contribution in [-0.4, -0.2) is 25.3 Å². The molecule has 0 saturated heterocycles. The number of allylic oxidation sites excluding steroid dienone is 3. The average molecular weight is 296 g/mol. The molecule has 0 unspecified atom stereocenters. The van der Waals surface area contributed by atoms with Crippen molar-refractivity contribution in [1.29, 1.82) is 0 Å². The van der Waals surface area contributed by atoms with Gasteiger partial charge < -0.3 is 0 Å². The number of nitrogens with zero attached hydrogens (tertiary/aromatic N) is 1. The van der Waals surface area contributed by atoms with Crippen LogP contribution < -0.4 is 4.90 Å². The van der Waals surface area contributed by atoms with Crippen molar-refractivity contribution in [1.82, 2.24) is 0 Å². The van der Waals surface area contributed by atoms with Crippen molar-refractivity contribution in [3.63, 3.8) is 0 Å². The molecule has 1 aliphatic heterocycles. The summed E-state index contributed by atoms with van der Waals surface area (Å²) in [6, 6.07) is 10.6. The summed E-state index contributed by atoms with van der Waals surface area (Å²) in [6.45, 7) is 0.996. The van der Waals surface area contributed by atoms with E-state index in [0.717, 1.165) is 6.54 Å².